The lowest BCUT2D eigenvalue weighted by atomic mass is 10.0. The molecule has 0 unspecified atom stereocenters. The minimum Gasteiger partial charge on any atom is -0.462 e. The first-order chi connectivity index (χ1) is 17.1. The van der Waals surface area contributed by atoms with Gasteiger partial charge in [0, 0.05) is 24.4 Å². The summed E-state index contributed by atoms with van der Waals surface area (Å²) in [5.41, 5.74) is 3.26. The van der Waals surface area contributed by atoms with Crippen LogP contribution in [0, 0.1) is 0 Å². The molecule has 7 nitrogen and oxygen atoms in total. The van der Waals surface area contributed by atoms with Crippen molar-refractivity contribution in [2.24, 2.45) is 7.05 Å². The minimum atomic E-state index is -0.452. The van der Waals surface area contributed by atoms with Crippen LogP contribution in [0.4, 0.5) is 5.00 Å². The molecule has 2 heterocycles. The number of amides is 1. The topological polar surface area (TPSA) is 86.1 Å². The number of nitrogens with one attached hydrogen (secondary N) is 1. The zero-order valence-corrected chi connectivity index (χ0v) is 21.2. The molecule has 0 saturated heterocycles. The van der Waals surface area contributed by atoms with E-state index in [-0.39, 0.29) is 18.3 Å². The van der Waals surface area contributed by atoms with Gasteiger partial charge >= 0.3 is 5.97 Å². The molecule has 0 aliphatic heterocycles. The van der Waals surface area contributed by atoms with Crippen molar-refractivity contribution in [2.75, 3.05) is 17.7 Å². The van der Waals surface area contributed by atoms with Crippen molar-refractivity contribution in [1.29, 1.82) is 0 Å². The molecule has 180 valence electrons. The predicted molar refractivity (Wildman–Crippen MR) is 140 cm³/mol. The van der Waals surface area contributed by atoms with Crippen LogP contribution in [0.15, 0.2) is 71.2 Å². The number of nitrogens with zero attached hydrogens (tertiary/aromatic N) is 3. The molecule has 0 spiro atoms. The maximum Gasteiger partial charge on any atom is 0.341 e. The Kier molecular flexibility index (Phi) is 8.33. The molecule has 1 amide bonds. The van der Waals surface area contributed by atoms with Crippen LogP contribution in [0.3, 0.4) is 0 Å². The molecule has 0 fully saturated rings. The maximum atomic E-state index is 12.8. The molecule has 0 bridgehead atoms. The lowest BCUT2D eigenvalue weighted by molar-refractivity contribution is -0.113. The summed E-state index contributed by atoms with van der Waals surface area (Å²) in [6.07, 6.45) is 1.64. The van der Waals surface area contributed by atoms with Crippen LogP contribution >= 0.6 is 23.1 Å². The van der Waals surface area contributed by atoms with Crippen LogP contribution in [0.2, 0.25) is 0 Å². The Bertz CT molecular complexity index is 1290. The molecule has 4 rings (SSSR count). The molecule has 2 aromatic carbocycles. The Balaban J connectivity index is 1.40. The van der Waals surface area contributed by atoms with Gasteiger partial charge in [-0.25, -0.2) is 4.79 Å². The van der Waals surface area contributed by atoms with Crippen molar-refractivity contribution in [3.8, 4) is 11.1 Å². The number of aromatic nitrogens is 3. The van der Waals surface area contributed by atoms with Gasteiger partial charge < -0.3 is 14.6 Å². The molecule has 0 aliphatic rings. The Hall–Kier alpha value is -3.43. The number of rotatable bonds is 10. The highest BCUT2D eigenvalue weighted by atomic mass is 32.2. The smallest absolute Gasteiger partial charge is 0.341 e. The van der Waals surface area contributed by atoms with E-state index in [1.807, 2.05) is 65.5 Å². The van der Waals surface area contributed by atoms with Crippen molar-refractivity contribution in [2.45, 2.75) is 24.9 Å². The van der Waals surface area contributed by atoms with Crippen LogP contribution < -0.4 is 5.32 Å². The summed E-state index contributed by atoms with van der Waals surface area (Å²) in [4.78, 5) is 25.5. The summed E-state index contributed by atoms with van der Waals surface area (Å²) in [7, 11) is 1.91. The second-order valence-corrected chi connectivity index (χ2v) is 9.54. The van der Waals surface area contributed by atoms with E-state index in [2.05, 4.69) is 27.6 Å². The van der Waals surface area contributed by atoms with E-state index < -0.39 is 5.97 Å². The molecule has 9 heteroatoms. The van der Waals surface area contributed by atoms with E-state index in [1.165, 1.54) is 28.7 Å². The first-order valence-corrected chi connectivity index (χ1v) is 13.1. The van der Waals surface area contributed by atoms with Gasteiger partial charge in [0.15, 0.2) is 5.16 Å². The first-order valence-electron chi connectivity index (χ1n) is 11.3. The number of aryl methyl sites for hydroxylation is 2. The van der Waals surface area contributed by atoms with E-state index in [1.54, 1.807) is 6.92 Å². The number of ether oxygens (including phenoxy) is 1. The largest absolute Gasteiger partial charge is 0.462 e. The van der Waals surface area contributed by atoms with Crippen molar-refractivity contribution in [1.82, 2.24) is 14.8 Å². The Morgan fingerprint density at radius 1 is 1.03 bits per heavy atom. The quantitative estimate of drug-likeness (QED) is 0.234. The van der Waals surface area contributed by atoms with E-state index >= 15 is 0 Å². The number of benzene rings is 2. The molecule has 4 aromatic rings. The van der Waals surface area contributed by atoms with Crippen molar-refractivity contribution >= 4 is 40.0 Å². The fourth-order valence-electron chi connectivity index (χ4n) is 3.57. The second-order valence-electron chi connectivity index (χ2n) is 7.72. The molecule has 0 saturated carbocycles. The third kappa shape index (κ3) is 6.17. The number of thioether (sulfide) groups is 1. The zero-order valence-electron chi connectivity index (χ0n) is 19.6. The molecule has 2 aromatic heterocycles. The zero-order chi connectivity index (χ0) is 24.6. The molecular formula is C26H26N4O3S2. The monoisotopic (exact) mass is 506 g/mol. The van der Waals surface area contributed by atoms with Crippen molar-refractivity contribution in [3.05, 3.63) is 83.0 Å². The SMILES string of the molecule is CCOC(=O)c1c(-c2ccccc2)csc1NC(=O)CSc1nnc(CCc2ccccc2)n1C. The van der Waals surface area contributed by atoms with Gasteiger partial charge in [0.05, 0.1) is 12.4 Å². The highest BCUT2D eigenvalue weighted by Gasteiger charge is 2.23. The molecule has 1 N–H and O–H groups in total. The van der Waals surface area contributed by atoms with E-state index in [0.717, 1.165) is 29.8 Å². The van der Waals surface area contributed by atoms with E-state index in [4.69, 9.17) is 4.74 Å². The Morgan fingerprint density at radius 3 is 2.46 bits per heavy atom. The lowest BCUT2D eigenvalue weighted by Gasteiger charge is -2.09. The van der Waals surface area contributed by atoms with Crippen LogP contribution in [0.1, 0.15) is 28.7 Å². The predicted octanol–water partition coefficient (Wildman–Crippen LogP) is 5.24. The summed E-state index contributed by atoms with van der Waals surface area (Å²) < 4.78 is 7.18. The van der Waals surface area contributed by atoms with Gasteiger partial charge in [-0.05, 0) is 24.5 Å². The molecule has 0 aliphatic carbocycles. The first kappa shape index (κ1) is 24.7. The average molecular weight is 507 g/mol. The molecular weight excluding hydrogens is 480 g/mol. The Morgan fingerprint density at radius 2 is 1.74 bits per heavy atom. The van der Waals surface area contributed by atoms with Crippen molar-refractivity contribution in [3.63, 3.8) is 0 Å². The van der Waals surface area contributed by atoms with Gasteiger partial charge in [0.25, 0.3) is 0 Å². The maximum absolute atomic E-state index is 12.8. The van der Waals surface area contributed by atoms with Crippen LogP contribution in [-0.4, -0.2) is 39.0 Å². The average Bonchev–Trinajstić information content (AvgIpc) is 3.46. The van der Waals surface area contributed by atoms with Crippen LogP contribution in [-0.2, 0) is 29.4 Å². The Labute approximate surface area is 212 Å². The standard InChI is InChI=1S/C26H26N4O3S2/c1-3-33-25(32)23-20(19-12-8-5-9-13-19)16-34-24(23)27-22(31)17-35-26-29-28-21(30(26)2)15-14-18-10-6-4-7-11-18/h4-13,16H,3,14-15,17H2,1-2H3,(H,27,31). The summed E-state index contributed by atoms with van der Waals surface area (Å²) >= 11 is 2.62. The number of carbonyl (C=O) groups is 2. The van der Waals surface area contributed by atoms with Gasteiger partial charge in [0.2, 0.25) is 5.91 Å². The number of carbonyl (C=O) groups excluding carboxylic acids is 2. The third-order valence-corrected chi connectivity index (χ3v) is 7.26. The summed E-state index contributed by atoms with van der Waals surface area (Å²) in [6, 6.07) is 19.8. The second kappa shape index (κ2) is 11.8. The summed E-state index contributed by atoms with van der Waals surface area (Å²) in [5, 5.41) is 14.4. The van der Waals surface area contributed by atoms with Gasteiger partial charge in [-0.3, -0.25) is 4.79 Å². The number of hydrogen-bond donors (Lipinski definition) is 1. The van der Waals surface area contributed by atoms with E-state index in [0.29, 0.717) is 15.7 Å². The normalized spacial score (nSPS) is 10.8. The molecule has 0 radical (unpaired) electrons. The number of thiophene rings is 1. The minimum absolute atomic E-state index is 0.144. The van der Waals surface area contributed by atoms with Crippen LogP contribution in [0.5, 0.6) is 0 Å². The summed E-state index contributed by atoms with van der Waals surface area (Å²) in [6.45, 7) is 2.02. The third-order valence-electron chi connectivity index (χ3n) is 5.35. The van der Waals surface area contributed by atoms with Gasteiger partial charge in [-0.1, -0.05) is 72.4 Å². The fraction of sp³-hybridized carbons (Fsp3) is 0.231. The summed E-state index contributed by atoms with van der Waals surface area (Å²) in [5.74, 6) is 0.334. The number of hydrogen-bond acceptors (Lipinski definition) is 7. The molecule has 0 atom stereocenters. The van der Waals surface area contributed by atoms with E-state index in [9.17, 15) is 9.59 Å². The van der Waals surface area contributed by atoms with Gasteiger partial charge in [0.1, 0.15) is 16.4 Å². The number of anilines is 1. The highest BCUT2D eigenvalue weighted by molar-refractivity contribution is 7.99. The van der Waals surface area contributed by atoms with Crippen LogP contribution in [0.25, 0.3) is 11.1 Å². The molecule has 35 heavy (non-hydrogen) atoms. The number of esters is 1. The highest BCUT2D eigenvalue weighted by Crippen LogP contribution is 2.36. The van der Waals surface area contributed by atoms with Gasteiger partial charge in [-0.15, -0.1) is 21.5 Å². The van der Waals surface area contributed by atoms with Crippen molar-refractivity contribution < 1.29 is 14.3 Å². The fourth-order valence-corrected chi connectivity index (χ4v) is 5.27. The van der Waals surface area contributed by atoms with Gasteiger partial charge in [-0.2, -0.15) is 0 Å². The lowest BCUT2D eigenvalue weighted by Crippen LogP contribution is -2.16.